The zero-order valence-electron chi connectivity index (χ0n) is 12.3. The molecule has 1 fully saturated rings. The largest absolute Gasteiger partial charge is 0.303 e. The highest BCUT2D eigenvalue weighted by molar-refractivity contribution is 5.35. The molecule has 0 saturated heterocycles. The minimum atomic E-state index is 0.166. The molecular formula is C17H22N4. The van der Waals surface area contributed by atoms with Gasteiger partial charge in [0.15, 0.2) is 5.82 Å². The Kier molecular flexibility index (Phi) is 3.47. The maximum absolute atomic E-state index is 4.83. The van der Waals surface area contributed by atoms with E-state index in [2.05, 4.69) is 39.8 Å². The minimum absolute atomic E-state index is 0.166. The van der Waals surface area contributed by atoms with Crippen LogP contribution in [0, 0.1) is 0 Å². The summed E-state index contributed by atoms with van der Waals surface area (Å²) in [5.41, 5.74) is 2.77. The van der Waals surface area contributed by atoms with Crippen molar-refractivity contribution in [1.82, 2.24) is 20.5 Å². The second-order valence-electron chi connectivity index (χ2n) is 6.25. The summed E-state index contributed by atoms with van der Waals surface area (Å²) < 4.78 is 0. The van der Waals surface area contributed by atoms with E-state index in [-0.39, 0.29) is 6.04 Å². The average molecular weight is 282 g/mol. The van der Waals surface area contributed by atoms with E-state index in [1.54, 1.807) is 0 Å². The first-order valence-electron chi connectivity index (χ1n) is 8.15. The molecular weight excluding hydrogens is 260 g/mol. The molecule has 1 aliphatic heterocycles. The molecule has 110 valence electrons. The molecule has 1 aromatic heterocycles. The third kappa shape index (κ3) is 2.48. The Morgan fingerprint density at radius 2 is 1.90 bits per heavy atom. The summed E-state index contributed by atoms with van der Waals surface area (Å²) in [7, 11) is 0. The molecule has 2 heterocycles. The summed E-state index contributed by atoms with van der Waals surface area (Å²) in [4.78, 5) is 4.83. The van der Waals surface area contributed by atoms with Gasteiger partial charge in [0.1, 0.15) is 5.82 Å². The summed E-state index contributed by atoms with van der Waals surface area (Å²) in [5.74, 6) is 2.56. The second-order valence-corrected chi connectivity index (χ2v) is 6.25. The highest BCUT2D eigenvalue weighted by Crippen LogP contribution is 2.32. The van der Waals surface area contributed by atoms with Crippen molar-refractivity contribution in [3.8, 4) is 0 Å². The molecule has 2 aliphatic rings. The van der Waals surface area contributed by atoms with Crippen LogP contribution in [0.5, 0.6) is 0 Å². The van der Waals surface area contributed by atoms with E-state index in [9.17, 15) is 0 Å². The van der Waals surface area contributed by atoms with E-state index in [1.807, 2.05) is 0 Å². The monoisotopic (exact) mass is 282 g/mol. The number of benzene rings is 1. The molecule has 0 amide bonds. The number of nitrogens with zero attached hydrogens (tertiary/aromatic N) is 2. The molecule has 1 aromatic carbocycles. The molecule has 1 aliphatic carbocycles. The van der Waals surface area contributed by atoms with E-state index >= 15 is 0 Å². The van der Waals surface area contributed by atoms with Crippen molar-refractivity contribution in [3.05, 3.63) is 47.0 Å². The first-order chi connectivity index (χ1) is 10.4. The molecule has 1 atom stereocenters. The normalized spacial score (nSPS) is 23.0. The average Bonchev–Trinajstić information content (AvgIpc) is 3.05. The Balaban J connectivity index is 1.61. The number of fused-ring (bicyclic) bond motifs is 1. The van der Waals surface area contributed by atoms with Gasteiger partial charge in [0.05, 0.1) is 6.04 Å². The first-order valence-corrected chi connectivity index (χ1v) is 8.15. The first kappa shape index (κ1) is 13.0. The zero-order chi connectivity index (χ0) is 14.1. The number of aromatic nitrogens is 3. The van der Waals surface area contributed by atoms with Gasteiger partial charge in [0.25, 0.3) is 0 Å². The van der Waals surface area contributed by atoms with E-state index in [0.717, 1.165) is 24.6 Å². The molecule has 4 heteroatoms. The van der Waals surface area contributed by atoms with Crippen molar-refractivity contribution in [3.63, 3.8) is 0 Å². The molecule has 2 aromatic rings. The molecule has 21 heavy (non-hydrogen) atoms. The number of hydrogen-bond donors (Lipinski definition) is 2. The molecule has 0 bridgehead atoms. The van der Waals surface area contributed by atoms with Crippen molar-refractivity contribution in [1.29, 1.82) is 0 Å². The van der Waals surface area contributed by atoms with Crippen LogP contribution >= 0.6 is 0 Å². The van der Waals surface area contributed by atoms with Gasteiger partial charge < -0.3 is 5.32 Å². The smallest absolute Gasteiger partial charge is 0.153 e. The van der Waals surface area contributed by atoms with Crippen molar-refractivity contribution in [2.75, 3.05) is 6.54 Å². The molecule has 4 rings (SSSR count). The number of hydrogen-bond acceptors (Lipinski definition) is 3. The lowest BCUT2D eigenvalue weighted by atomic mass is 9.89. The van der Waals surface area contributed by atoms with E-state index < -0.39 is 0 Å². The molecule has 0 radical (unpaired) electrons. The standard InChI is InChI=1S/C17H22N4/c1-2-7-13(8-3-1)16-19-17(21-20-16)15-14-9-5-4-6-12(14)10-11-18-15/h4-6,9,13,15,18H,1-3,7-8,10-11H2,(H,19,20,21). The summed E-state index contributed by atoms with van der Waals surface area (Å²) in [5, 5.41) is 11.3. The lowest BCUT2D eigenvalue weighted by Gasteiger charge is -2.25. The van der Waals surface area contributed by atoms with Crippen LogP contribution < -0.4 is 5.32 Å². The number of aromatic amines is 1. The maximum atomic E-state index is 4.83. The SMILES string of the molecule is c1ccc2c(c1)CCNC2c1nc(C2CCCCC2)n[nH]1. The van der Waals surface area contributed by atoms with E-state index in [1.165, 1.54) is 43.2 Å². The van der Waals surface area contributed by atoms with Gasteiger partial charge in [-0.25, -0.2) is 4.98 Å². The van der Waals surface area contributed by atoms with Crippen molar-refractivity contribution >= 4 is 0 Å². The van der Waals surface area contributed by atoms with Crippen LogP contribution in [0.4, 0.5) is 0 Å². The van der Waals surface area contributed by atoms with Crippen LogP contribution in [-0.4, -0.2) is 21.7 Å². The third-order valence-electron chi connectivity index (χ3n) is 4.87. The van der Waals surface area contributed by atoms with Gasteiger partial charge in [-0.15, -0.1) is 0 Å². The highest BCUT2D eigenvalue weighted by Gasteiger charge is 2.26. The van der Waals surface area contributed by atoms with Gasteiger partial charge in [0.2, 0.25) is 0 Å². The van der Waals surface area contributed by atoms with Crippen LogP contribution in [0.2, 0.25) is 0 Å². The molecule has 2 N–H and O–H groups in total. The zero-order valence-corrected chi connectivity index (χ0v) is 12.3. The predicted octanol–water partition coefficient (Wildman–Crippen LogP) is 3.09. The Morgan fingerprint density at radius 3 is 2.81 bits per heavy atom. The van der Waals surface area contributed by atoms with E-state index in [4.69, 9.17) is 4.98 Å². The van der Waals surface area contributed by atoms with Crippen molar-refractivity contribution in [2.45, 2.75) is 50.5 Å². The second kappa shape index (κ2) is 5.60. The van der Waals surface area contributed by atoms with Crippen molar-refractivity contribution < 1.29 is 0 Å². The van der Waals surface area contributed by atoms with Crippen LogP contribution in [0.15, 0.2) is 24.3 Å². The fourth-order valence-electron chi connectivity index (χ4n) is 3.71. The lowest BCUT2D eigenvalue weighted by Crippen LogP contribution is -2.31. The third-order valence-corrected chi connectivity index (χ3v) is 4.87. The maximum Gasteiger partial charge on any atom is 0.153 e. The molecule has 1 unspecified atom stereocenters. The van der Waals surface area contributed by atoms with Crippen LogP contribution in [0.1, 0.15) is 66.8 Å². The Bertz CT molecular complexity index is 613. The Morgan fingerprint density at radius 1 is 1.05 bits per heavy atom. The highest BCUT2D eigenvalue weighted by atomic mass is 15.2. The Labute approximate surface area is 125 Å². The summed E-state index contributed by atoms with van der Waals surface area (Å²) >= 11 is 0. The minimum Gasteiger partial charge on any atom is -0.303 e. The van der Waals surface area contributed by atoms with Gasteiger partial charge in [-0.05, 0) is 30.4 Å². The number of H-pyrrole nitrogens is 1. The number of rotatable bonds is 2. The molecule has 4 nitrogen and oxygen atoms in total. The topological polar surface area (TPSA) is 53.6 Å². The fourth-order valence-corrected chi connectivity index (χ4v) is 3.71. The van der Waals surface area contributed by atoms with Gasteiger partial charge in [0, 0.05) is 12.5 Å². The summed E-state index contributed by atoms with van der Waals surface area (Å²) in [6.07, 6.45) is 7.58. The van der Waals surface area contributed by atoms with Crippen molar-refractivity contribution in [2.24, 2.45) is 0 Å². The summed E-state index contributed by atoms with van der Waals surface area (Å²) in [6, 6.07) is 8.82. The van der Waals surface area contributed by atoms with Crippen LogP contribution in [0.25, 0.3) is 0 Å². The quantitative estimate of drug-likeness (QED) is 0.890. The van der Waals surface area contributed by atoms with E-state index in [0.29, 0.717) is 5.92 Å². The molecule has 1 saturated carbocycles. The van der Waals surface area contributed by atoms with Gasteiger partial charge in [-0.3, -0.25) is 5.10 Å². The van der Waals surface area contributed by atoms with Gasteiger partial charge in [-0.2, -0.15) is 5.10 Å². The van der Waals surface area contributed by atoms with Crippen LogP contribution in [0.3, 0.4) is 0 Å². The van der Waals surface area contributed by atoms with Gasteiger partial charge >= 0.3 is 0 Å². The lowest BCUT2D eigenvalue weighted by molar-refractivity contribution is 0.429. The number of nitrogens with one attached hydrogen (secondary N) is 2. The fraction of sp³-hybridized carbons (Fsp3) is 0.529. The summed E-state index contributed by atoms with van der Waals surface area (Å²) in [6.45, 7) is 1.00. The van der Waals surface area contributed by atoms with Crippen LogP contribution in [-0.2, 0) is 6.42 Å². The molecule has 0 spiro atoms. The predicted molar refractivity (Wildman–Crippen MR) is 82.2 cm³/mol. The van der Waals surface area contributed by atoms with Gasteiger partial charge in [-0.1, -0.05) is 43.5 Å². The Hall–Kier alpha value is -1.68.